The minimum Gasteiger partial charge on any atom is -0.294 e. The molecule has 1 fully saturated rings. The van der Waals surface area contributed by atoms with E-state index in [1.807, 2.05) is 0 Å². The quantitative estimate of drug-likeness (QED) is 0.459. The van der Waals surface area contributed by atoms with Gasteiger partial charge >= 0.3 is 23.1 Å². The minimum absolute atomic E-state index is 0.0369. The van der Waals surface area contributed by atoms with Gasteiger partial charge < -0.3 is 0 Å². The summed E-state index contributed by atoms with van der Waals surface area (Å²) in [6, 6.07) is 0. The van der Waals surface area contributed by atoms with Gasteiger partial charge in [0.15, 0.2) is 0 Å². The zero-order valence-corrected chi connectivity index (χ0v) is 11.6. The molecule has 0 radical (unpaired) electrons. The molecule has 1 N–H and O–H groups in total. The predicted molar refractivity (Wildman–Crippen MR) is 57.9 cm³/mol. The molecule has 0 saturated carbocycles. The zero-order chi connectivity index (χ0) is 17.4. The molecule has 22 heavy (non-hydrogen) atoms. The molecule has 1 aliphatic rings. The van der Waals surface area contributed by atoms with Crippen LogP contribution in [0.5, 0.6) is 0 Å². The number of alkyl halides is 6. The Morgan fingerprint density at radius 1 is 1.00 bits per heavy atom. The van der Waals surface area contributed by atoms with Gasteiger partial charge in [-0.3, -0.25) is 4.89 Å². The summed E-state index contributed by atoms with van der Waals surface area (Å²) in [5, 5.41) is 1.40. The van der Waals surface area contributed by atoms with Gasteiger partial charge in [0, 0.05) is 13.1 Å². The molecule has 0 aromatic heterocycles. The van der Waals surface area contributed by atoms with Crippen LogP contribution in [0.3, 0.4) is 0 Å². The van der Waals surface area contributed by atoms with E-state index in [1.165, 1.54) is 0 Å². The number of piperidine rings is 1. The molecule has 1 aliphatic heterocycles. The average molecular weight is 359 g/mol. The molecule has 0 aromatic carbocycles. The number of hydrogen-bond acceptors (Lipinski definition) is 5. The topological polar surface area (TPSA) is 83.9 Å². The molecule has 0 unspecified atom stereocenters. The lowest BCUT2D eigenvalue weighted by molar-refractivity contribution is -0.309. The monoisotopic (exact) mass is 359 g/mol. The van der Waals surface area contributed by atoms with E-state index in [4.69, 9.17) is 5.26 Å². The highest BCUT2D eigenvalue weighted by atomic mass is 32.2. The second-order valence-corrected chi connectivity index (χ2v) is 6.49. The van der Waals surface area contributed by atoms with Crippen molar-refractivity contribution in [1.29, 1.82) is 0 Å². The Morgan fingerprint density at radius 3 is 1.86 bits per heavy atom. The first kappa shape index (κ1) is 19.0. The van der Waals surface area contributed by atoms with Crippen LogP contribution >= 0.6 is 0 Å². The number of hydrogen-bond donors (Lipinski definition) is 1. The minimum atomic E-state index is -6.63. The fourth-order valence-electron chi connectivity index (χ4n) is 1.80. The van der Waals surface area contributed by atoms with E-state index in [0.29, 0.717) is 6.42 Å². The lowest BCUT2D eigenvalue weighted by Gasteiger charge is -2.34. The van der Waals surface area contributed by atoms with Crippen LogP contribution in [0, 0.1) is 0 Å². The highest BCUT2D eigenvalue weighted by Gasteiger charge is 2.81. The van der Waals surface area contributed by atoms with Gasteiger partial charge in [-0.15, -0.1) is 0 Å². The van der Waals surface area contributed by atoms with E-state index in [9.17, 15) is 39.6 Å². The summed E-state index contributed by atoms with van der Waals surface area (Å²) in [5.74, 6) is -16.3. The van der Waals surface area contributed by atoms with Crippen molar-refractivity contribution in [3.8, 4) is 0 Å². The van der Waals surface area contributed by atoms with Crippen LogP contribution in [-0.2, 0) is 19.7 Å². The Balaban J connectivity index is 3.28. The SMILES string of the molecule is O=C(OO)C(F)(F)C(F)(F)C(F)(F)S(=O)(=O)N1CCCCC1. The second kappa shape index (κ2) is 5.85. The first-order chi connectivity index (χ1) is 9.84. The number of sulfonamides is 1. The Hall–Kier alpha value is -1.08. The standard InChI is InChI=1S/C9H11F6NO5S/c10-7(11,6(17)21-18)8(12,13)9(14,15)22(19,20)16-4-2-1-3-5-16/h18H,1-5H2. The van der Waals surface area contributed by atoms with Crippen molar-refractivity contribution in [2.75, 3.05) is 13.1 Å². The van der Waals surface area contributed by atoms with E-state index < -0.39 is 46.2 Å². The van der Waals surface area contributed by atoms with Crippen LogP contribution in [0.15, 0.2) is 0 Å². The molecule has 13 heteroatoms. The van der Waals surface area contributed by atoms with E-state index >= 15 is 0 Å². The largest absolute Gasteiger partial charge is 0.427 e. The normalized spacial score (nSPS) is 19.0. The van der Waals surface area contributed by atoms with E-state index in [0.717, 1.165) is 0 Å². The number of nitrogens with zero attached hydrogens (tertiary/aromatic N) is 1. The molecule has 1 heterocycles. The van der Waals surface area contributed by atoms with Gasteiger partial charge in [-0.2, -0.15) is 35.9 Å². The maximum absolute atomic E-state index is 13.6. The molecule has 0 aromatic rings. The lowest BCUT2D eigenvalue weighted by Crippen LogP contribution is -2.63. The van der Waals surface area contributed by atoms with Gasteiger partial charge in [0.05, 0.1) is 0 Å². The van der Waals surface area contributed by atoms with Gasteiger partial charge in [0.1, 0.15) is 0 Å². The Labute approximate surface area is 120 Å². The smallest absolute Gasteiger partial charge is 0.294 e. The molecule has 1 saturated heterocycles. The maximum atomic E-state index is 13.6. The highest BCUT2D eigenvalue weighted by Crippen LogP contribution is 2.50. The first-order valence-corrected chi connectivity index (χ1v) is 7.27. The molecule has 0 amide bonds. The van der Waals surface area contributed by atoms with Crippen LogP contribution in [-0.4, -0.2) is 54.1 Å². The van der Waals surface area contributed by atoms with E-state index in [2.05, 4.69) is 4.89 Å². The Kier molecular flexibility index (Phi) is 5.04. The molecular formula is C9H11F6NO5S. The number of halogens is 6. The fourth-order valence-corrected chi connectivity index (χ4v) is 3.31. The van der Waals surface area contributed by atoms with Crippen molar-refractivity contribution in [2.24, 2.45) is 0 Å². The first-order valence-electron chi connectivity index (χ1n) is 5.83. The van der Waals surface area contributed by atoms with Crippen molar-refractivity contribution in [2.45, 2.75) is 36.4 Å². The Morgan fingerprint density at radius 2 is 1.45 bits per heavy atom. The molecule has 6 nitrogen and oxygen atoms in total. The summed E-state index contributed by atoms with van der Waals surface area (Å²) < 4.78 is 103. The summed E-state index contributed by atoms with van der Waals surface area (Å²) >= 11 is 0. The number of carbonyl (C=O) groups excluding carboxylic acids is 1. The van der Waals surface area contributed by atoms with Crippen molar-refractivity contribution in [3.05, 3.63) is 0 Å². The van der Waals surface area contributed by atoms with E-state index in [1.54, 1.807) is 0 Å². The van der Waals surface area contributed by atoms with Crippen molar-refractivity contribution in [1.82, 2.24) is 4.31 Å². The summed E-state index contributed by atoms with van der Waals surface area (Å²) in [6.07, 6.45) is 0.646. The zero-order valence-electron chi connectivity index (χ0n) is 10.7. The third-order valence-corrected chi connectivity index (χ3v) is 5.03. The molecule has 1 rings (SSSR count). The summed E-state index contributed by atoms with van der Waals surface area (Å²) in [4.78, 5) is 12.7. The predicted octanol–water partition coefficient (Wildman–Crippen LogP) is 1.68. The van der Waals surface area contributed by atoms with Crippen LogP contribution in [0.1, 0.15) is 19.3 Å². The number of carbonyl (C=O) groups is 1. The average Bonchev–Trinajstić information content (AvgIpc) is 2.46. The summed E-state index contributed by atoms with van der Waals surface area (Å²) in [6.45, 7) is -1.08. The third-order valence-electron chi connectivity index (χ3n) is 3.08. The van der Waals surface area contributed by atoms with Gasteiger partial charge in [-0.05, 0) is 12.8 Å². The van der Waals surface area contributed by atoms with Crippen LogP contribution < -0.4 is 0 Å². The third kappa shape index (κ3) is 2.65. The van der Waals surface area contributed by atoms with Crippen molar-refractivity contribution < 1.29 is 49.7 Å². The van der Waals surface area contributed by atoms with Gasteiger partial charge in [-0.25, -0.2) is 13.2 Å². The molecule has 0 atom stereocenters. The second-order valence-electron chi connectivity index (χ2n) is 4.51. The Bertz CT molecular complexity index is 531. The molecular weight excluding hydrogens is 348 g/mol. The van der Waals surface area contributed by atoms with Crippen molar-refractivity contribution in [3.63, 3.8) is 0 Å². The molecule has 130 valence electrons. The molecule has 0 aliphatic carbocycles. The van der Waals surface area contributed by atoms with Gasteiger partial charge in [0.25, 0.3) is 10.0 Å². The highest BCUT2D eigenvalue weighted by molar-refractivity contribution is 7.90. The van der Waals surface area contributed by atoms with Crippen molar-refractivity contribution >= 4 is 16.0 Å². The van der Waals surface area contributed by atoms with Crippen LogP contribution in [0.2, 0.25) is 0 Å². The fraction of sp³-hybridized carbons (Fsp3) is 0.889. The summed E-state index contributed by atoms with van der Waals surface area (Å²) in [5.41, 5.74) is 0. The van der Waals surface area contributed by atoms with Crippen LogP contribution in [0.25, 0.3) is 0 Å². The van der Waals surface area contributed by atoms with E-state index in [-0.39, 0.29) is 17.1 Å². The van der Waals surface area contributed by atoms with Gasteiger partial charge in [0.2, 0.25) is 0 Å². The lowest BCUT2D eigenvalue weighted by atomic mass is 10.2. The van der Waals surface area contributed by atoms with Gasteiger partial charge in [-0.1, -0.05) is 6.42 Å². The molecule has 0 spiro atoms. The maximum Gasteiger partial charge on any atom is 0.427 e. The number of rotatable bonds is 5. The van der Waals surface area contributed by atoms with Crippen LogP contribution in [0.4, 0.5) is 26.3 Å². The molecule has 0 bridgehead atoms. The summed E-state index contributed by atoms with van der Waals surface area (Å²) in [7, 11) is -6.16.